The molecule has 0 aliphatic carbocycles. The van der Waals surface area contributed by atoms with Crippen LogP contribution in [0.25, 0.3) is 0 Å². The van der Waals surface area contributed by atoms with Gasteiger partial charge in [-0.15, -0.1) is 0 Å². The Hall–Kier alpha value is -1.84. The van der Waals surface area contributed by atoms with Crippen LogP contribution in [-0.4, -0.2) is 18.4 Å². The first-order valence-electron chi connectivity index (χ1n) is 6.75. The minimum absolute atomic E-state index is 0.0396. The number of hydrogen-bond donors (Lipinski definition) is 2. The maximum Gasteiger partial charge on any atom is 0.251 e. The largest absolute Gasteiger partial charge is 0.352 e. The van der Waals surface area contributed by atoms with Crippen molar-refractivity contribution >= 4 is 11.8 Å². The molecule has 2 amide bonds. The van der Waals surface area contributed by atoms with E-state index in [0.717, 1.165) is 31.4 Å². The molecule has 4 heteroatoms. The van der Waals surface area contributed by atoms with Gasteiger partial charge in [0.25, 0.3) is 5.91 Å². The van der Waals surface area contributed by atoms with Crippen molar-refractivity contribution in [2.45, 2.75) is 39.7 Å². The number of amides is 2. The smallest absolute Gasteiger partial charge is 0.251 e. The average molecular weight is 262 g/mol. The van der Waals surface area contributed by atoms with E-state index in [1.165, 1.54) is 6.92 Å². The Bertz CT molecular complexity index is 413. The number of carbonyl (C=O) groups excluding carboxylic acids is 2. The van der Waals surface area contributed by atoms with E-state index in [0.29, 0.717) is 12.1 Å². The van der Waals surface area contributed by atoms with Gasteiger partial charge in [-0.2, -0.15) is 0 Å². The van der Waals surface area contributed by atoms with Crippen molar-refractivity contribution in [3.05, 3.63) is 35.4 Å². The van der Waals surface area contributed by atoms with Crippen molar-refractivity contribution in [2.24, 2.45) is 0 Å². The van der Waals surface area contributed by atoms with Gasteiger partial charge in [0, 0.05) is 25.6 Å². The van der Waals surface area contributed by atoms with Crippen LogP contribution in [0.1, 0.15) is 49.0 Å². The fraction of sp³-hybridized carbons (Fsp3) is 0.467. The lowest BCUT2D eigenvalue weighted by Gasteiger charge is -2.06. The molecule has 0 fully saturated rings. The van der Waals surface area contributed by atoms with Crippen LogP contribution in [0.2, 0.25) is 0 Å². The summed E-state index contributed by atoms with van der Waals surface area (Å²) >= 11 is 0. The predicted octanol–water partition coefficient (Wildman–Crippen LogP) is 2.24. The number of benzene rings is 1. The van der Waals surface area contributed by atoms with E-state index in [1.807, 2.05) is 12.1 Å². The van der Waals surface area contributed by atoms with Crippen LogP contribution in [0.5, 0.6) is 0 Å². The highest BCUT2D eigenvalue weighted by molar-refractivity contribution is 5.94. The zero-order valence-corrected chi connectivity index (χ0v) is 11.7. The van der Waals surface area contributed by atoms with Crippen LogP contribution < -0.4 is 10.6 Å². The zero-order valence-electron chi connectivity index (χ0n) is 11.7. The Morgan fingerprint density at radius 1 is 1.05 bits per heavy atom. The Morgan fingerprint density at radius 3 is 2.32 bits per heavy atom. The standard InChI is InChI=1S/C15H22N2O2/c1-3-4-5-10-16-15(19)14-8-6-13(7-9-14)11-17-12(2)18/h6-9H,3-5,10-11H2,1-2H3,(H,16,19)(H,17,18). The average Bonchev–Trinajstić information content (AvgIpc) is 2.41. The second-order valence-corrected chi connectivity index (χ2v) is 4.57. The monoisotopic (exact) mass is 262 g/mol. The molecule has 0 saturated heterocycles. The van der Waals surface area contributed by atoms with Gasteiger partial charge >= 0.3 is 0 Å². The molecule has 1 aromatic carbocycles. The van der Waals surface area contributed by atoms with Gasteiger partial charge in [0.2, 0.25) is 5.91 Å². The molecule has 0 saturated carbocycles. The van der Waals surface area contributed by atoms with Gasteiger partial charge in [0.05, 0.1) is 0 Å². The SMILES string of the molecule is CCCCCNC(=O)c1ccc(CNC(C)=O)cc1. The Balaban J connectivity index is 2.42. The molecule has 0 atom stereocenters. The normalized spacial score (nSPS) is 10.0. The summed E-state index contributed by atoms with van der Waals surface area (Å²) in [4.78, 5) is 22.6. The van der Waals surface area contributed by atoms with Crippen molar-refractivity contribution in [1.82, 2.24) is 10.6 Å². The first kappa shape index (κ1) is 15.2. The summed E-state index contributed by atoms with van der Waals surface area (Å²) in [5.74, 6) is -0.0973. The molecule has 2 N–H and O–H groups in total. The molecule has 0 aliphatic heterocycles. The van der Waals surface area contributed by atoms with E-state index in [-0.39, 0.29) is 11.8 Å². The molecule has 0 unspecified atom stereocenters. The number of nitrogens with one attached hydrogen (secondary N) is 2. The fourth-order valence-electron chi connectivity index (χ4n) is 1.68. The summed E-state index contributed by atoms with van der Waals surface area (Å²) in [6.45, 7) is 4.84. The Kier molecular flexibility index (Phi) is 6.64. The quantitative estimate of drug-likeness (QED) is 0.740. The molecular weight excluding hydrogens is 240 g/mol. The minimum atomic E-state index is -0.0576. The summed E-state index contributed by atoms with van der Waals surface area (Å²) in [7, 11) is 0. The second kappa shape index (κ2) is 8.29. The topological polar surface area (TPSA) is 58.2 Å². The van der Waals surface area contributed by atoms with Gasteiger partial charge in [0.1, 0.15) is 0 Å². The number of hydrogen-bond acceptors (Lipinski definition) is 2. The summed E-state index contributed by atoms with van der Waals surface area (Å²) in [5.41, 5.74) is 1.64. The maximum absolute atomic E-state index is 11.8. The van der Waals surface area contributed by atoms with E-state index in [4.69, 9.17) is 0 Å². The van der Waals surface area contributed by atoms with E-state index in [1.54, 1.807) is 12.1 Å². The highest BCUT2D eigenvalue weighted by atomic mass is 16.2. The van der Waals surface area contributed by atoms with Gasteiger partial charge < -0.3 is 10.6 Å². The van der Waals surface area contributed by atoms with Gasteiger partial charge in [0.15, 0.2) is 0 Å². The van der Waals surface area contributed by atoms with E-state index in [2.05, 4.69) is 17.6 Å². The molecular formula is C15H22N2O2. The maximum atomic E-state index is 11.8. The summed E-state index contributed by atoms with van der Waals surface area (Å²) in [6.07, 6.45) is 3.30. The molecule has 0 bridgehead atoms. The van der Waals surface area contributed by atoms with Crippen LogP contribution in [0.4, 0.5) is 0 Å². The molecule has 0 radical (unpaired) electrons. The van der Waals surface area contributed by atoms with Gasteiger partial charge in [-0.1, -0.05) is 31.9 Å². The van der Waals surface area contributed by atoms with E-state index >= 15 is 0 Å². The van der Waals surface area contributed by atoms with Crippen LogP contribution in [0.3, 0.4) is 0 Å². The first-order valence-corrected chi connectivity index (χ1v) is 6.75. The van der Waals surface area contributed by atoms with Crippen molar-refractivity contribution in [3.8, 4) is 0 Å². The lowest BCUT2D eigenvalue weighted by Crippen LogP contribution is -2.24. The van der Waals surface area contributed by atoms with Crippen molar-refractivity contribution in [2.75, 3.05) is 6.54 Å². The molecule has 4 nitrogen and oxygen atoms in total. The summed E-state index contributed by atoms with van der Waals surface area (Å²) in [5, 5.41) is 5.61. The van der Waals surface area contributed by atoms with Crippen molar-refractivity contribution in [1.29, 1.82) is 0 Å². The predicted molar refractivity (Wildman–Crippen MR) is 75.8 cm³/mol. The highest BCUT2D eigenvalue weighted by Crippen LogP contribution is 2.04. The Labute approximate surface area is 114 Å². The third-order valence-electron chi connectivity index (χ3n) is 2.82. The lowest BCUT2D eigenvalue weighted by atomic mass is 10.1. The Morgan fingerprint density at radius 2 is 1.74 bits per heavy atom. The van der Waals surface area contributed by atoms with Gasteiger partial charge in [-0.25, -0.2) is 0 Å². The van der Waals surface area contributed by atoms with Crippen LogP contribution in [0, 0.1) is 0 Å². The summed E-state index contributed by atoms with van der Waals surface area (Å²) < 4.78 is 0. The molecule has 0 heterocycles. The van der Waals surface area contributed by atoms with Gasteiger partial charge in [-0.3, -0.25) is 9.59 Å². The van der Waals surface area contributed by atoms with E-state index in [9.17, 15) is 9.59 Å². The second-order valence-electron chi connectivity index (χ2n) is 4.57. The molecule has 1 aromatic rings. The van der Waals surface area contributed by atoms with Crippen molar-refractivity contribution in [3.63, 3.8) is 0 Å². The third-order valence-corrected chi connectivity index (χ3v) is 2.82. The van der Waals surface area contributed by atoms with Crippen molar-refractivity contribution < 1.29 is 9.59 Å². The van der Waals surface area contributed by atoms with Crippen LogP contribution in [0.15, 0.2) is 24.3 Å². The number of carbonyl (C=O) groups is 2. The zero-order chi connectivity index (χ0) is 14.1. The molecule has 0 aromatic heterocycles. The number of unbranched alkanes of at least 4 members (excludes halogenated alkanes) is 2. The highest BCUT2D eigenvalue weighted by Gasteiger charge is 2.04. The third kappa shape index (κ3) is 6.04. The van der Waals surface area contributed by atoms with E-state index < -0.39 is 0 Å². The molecule has 19 heavy (non-hydrogen) atoms. The summed E-state index contributed by atoms with van der Waals surface area (Å²) in [6, 6.07) is 7.28. The molecule has 0 spiro atoms. The molecule has 1 rings (SSSR count). The van der Waals surface area contributed by atoms with Crippen LogP contribution >= 0.6 is 0 Å². The van der Waals surface area contributed by atoms with Crippen LogP contribution in [-0.2, 0) is 11.3 Å². The molecule has 0 aliphatic rings. The minimum Gasteiger partial charge on any atom is -0.352 e. The van der Waals surface area contributed by atoms with Gasteiger partial charge in [-0.05, 0) is 24.1 Å². The molecule has 104 valence electrons. The first-order chi connectivity index (χ1) is 9.13. The number of rotatable bonds is 7. The fourth-order valence-corrected chi connectivity index (χ4v) is 1.68. The lowest BCUT2D eigenvalue weighted by molar-refractivity contribution is -0.119.